The van der Waals surface area contributed by atoms with Gasteiger partial charge in [-0.25, -0.2) is 4.39 Å². The number of ether oxygens (including phenoxy) is 1. The zero-order chi connectivity index (χ0) is 12.0. The molecule has 1 aromatic carbocycles. The highest BCUT2D eigenvalue weighted by Crippen LogP contribution is 2.18. The molecule has 0 radical (unpaired) electrons. The van der Waals surface area contributed by atoms with E-state index in [2.05, 4.69) is 12.2 Å². The molecule has 1 atom stereocenters. The lowest BCUT2D eigenvalue weighted by Gasteiger charge is -2.19. The first kappa shape index (κ1) is 12.8. The summed E-state index contributed by atoms with van der Waals surface area (Å²) >= 11 is 0. The van der Waals surface area contributed by atoms with Crippen LogP contribution in [0.3, 0.4) is 0 Å². The molecule has 0 spiro atoms. The molecule has 90 valence electrons. The Morgan fingerprint density at radius 3 is 2.81 bits per heavy atom. The molecule has 0 aromatic heterocycles. The molecule has 16 heavy (non-hydrogen) atoms. The van der Waals surface area contributed by atoms with E-state index in [0.29, 0.717) is 18.0 Å². The second-order valence-electron chi connectivity index (χ2n) is 3.82. The summed E-state index contributed by atoms with van der Waals surface area (Å²) in [5.74, 6) is -0.322. The zero-order valence-electron chi connectivity index (χ0n) is 9.79. The van der Waals surface area contributed by atoms with Crippen molar-refractivity contribution >= 4 is 11.4 Å². The van der Waals surface area contributed by atoms with E-state index in [1.165, 1.54) is 6.07 Å². The lowest BCUT2D eigenvalue weighted by atomic mass is 10.1. The van der Waals surface area contributed by atoms with Crippen molar-refractivity contribution in [2.45, 2.75) is 25.8 Å². The minimum absolute atomic E-state index is 0.133. The van der Waals surface area contributed by atoms with Gasteiger partial charge in [-0.05, 0) is 24.6 Å². The normalized spacial score (nSPS) is 12.4. The van der Waals surface area contributed by atoms with Gasteiger partial charge in [0, 0.05) is 18.8 Å². The molecule has 0 aliphatic rings. The molecule has 0 aliphatic heterocycles. The Balaban J connectivity index is 2.68. The maximum atomic E-state index is 13.5. The Kier molecular flexibility index (Phi) is 5.05. The van der Waals surface area contributed by atoms with Gasteiger partial charge in [-0.15, -0.1) is 0 Å². The maximum absolute atomic E-state index is 13.5. The highest BCUT2D eigenvalue weighted by atomic mass is 19.1. The van der Waals surface area contributed by atoms with Crippen LogP contribution in [0.25, 0.3) is 0 Å². The molecule has 4 heteroatoms. The molecule has 1 unspecified atom stereocenters. The average molecular weight is 226 g/mol. The Labute approximate surface area is 95.8 Å². The Bertz CT molecular complexity index is 325. The largest absolute Gasteiger partial charge is 0.399 e. The fourth-order valence-electron chi connectivity index (χ4n) is 1.62. The molecule has 1 aromatic rings. The number of halogens is 1. The van der Waals surface area contributed by atoms with E-state index >= 15 is 0 Å². The molecule has 1 rings (SSSR count). The number of methoxy groups -OCH3 is 1. The number of anilines is 2. The van der Waals surface area contributed by atoms with E-state index in [1.54, 1.807) is 19.2 Å². The molecule has 0 saturated heterocycles. The van der Waals surface area contributed by atoms with Crippen molar-refractivity contribution < 1.29 is 9.13 Å². The van der Waals surface area contributed by atoms with Gasteiger partial charge in [0.15, 0.2) is 0 Å². The fraction of sp³-hybridized carbons (Fsp3) is 0.500. The van der Waals surface area contributed by atoms with E-state index < -0.39 is 0 Å². The first-order chi connectivity index (χ1) is 7.67. The van der Waals surface area contributed by atoms with Gasteiger partial charge in [-0.2, -0.15) is 0 Å². The van der Waals surface area contributed by atoms with Gasteiger partial charge in [-0.3, -0.25) is 0 Å². The quantitative estimate of drug-likeness (QED) is 0.733. The second kappa shape index (κ2) is 6.33. The van der Waals surface area contributed by atoms with Gasteiger partial charge in [0.05, 0.1) is 12.3 Å². The van der Waals surface area contributed by atoms with Crippen LogP contribution in [0.5, 0.6) is 0 Å². The lowest BCUT2D eigenvalue weighted by Crippen LogP contribution is -2.25. The molecular weight excluding hydrogens is 207 g/mol. The summed E-state index contributed by atoms with van der Waals surface area (Å²) in [7, 11) is 1.64. The molecular formula is C12H19FN2O. The summed E-state index contributed by atoms with van der Waals surface area (Å²) in [4.78, 5) is 0. The fourth-order valence-corrected chi connectivity index (χ4v) is 1.62. The topological polar surface area (TPSA) is 47.3 Å². The second-order valence-corrected chi connectivity index (χ2v) is 3.82. The van der Waals surface area contributed by atoms with Crippen LogP contribution >= 0.6 is 0 Å². The molecule has 0 fully saturated rings. The number of hydrogen-bond donors (Lipinski definition) is 2. The van der Waals surface area contributed by atoms with E-state index in [4.69, 9.17) is 10.5 Å². The van der Waals surface area contributed by atoms with Gasteiger partial charge in [-0.1, -0.05) is 13.3 Å². The van der Waals surface area contributed by atoms with Crippen molar-refractivity contribution in [3.63, 3.8) is 0 Å². The van der Waals surface area contributed by atoms with Gasteiger partial charge in [0.1, 0.15) is 5.82 Å². The van der Waals surface area contributed by atoms with Crippen LogP contribution in [-0.4, -0.2) is 19.8 Å². The summed E-state index contributed by atoms with van der Waals surface area (Å²) in [5, 5.41) is 3.12. The van der Waals surface area contributed by atoms with Crippen molar-refractivity contribution in [3.05, 3.63) is 24.0 Å². The van der Waals surface area contributed by atoms with E-state index in [9.17, 15) is 4.39 Å². The molecule has 3 nitrogen and oxygen atoms in total. The molecule has 0 amide bonds. The van der Waals surface area contributed by atoms with E-state index in [0.717, 1.165) is 12.8 Å². The van der Waals surface area contributed by atoms with Crippen molar-refractivity contribution in [3.8, 4) is 0 Å². The molecule has 3 N–H and O–H groups in total. The van der Waals surface area contributed by atoms with Crippen LogP contribution in [-0.2, 0) is 4.74 Å². The van der Waals surface area contributed by atoms with Crippen LogP contribution < -0.4 is 11.1 Å². The minimum atomic E-state index is -0.322. The molecule has 0 saturated carbocycles. The number of nitrogens with two attached hydrogens (primary N) is 1. The number of nitrogen functional groups attached to an aromatic ring is 1. The van der Waals surface area contributed by atoms with Crippen molar-refractivity contribution in [2.75, 3.05) is 24.8 Å². The summed E-state index contributed by atoms with van der Waals surface area (Å²) < 4.78 is 18.6. The Morgan fingerprint density at radius 1 is 1.50 bits per heavy atom. The maximum Gasteiger partial charge on any atom is 0.148 e. The summed E-state index contributed by atoms with van der Waals surface area (Å²) in [6, 6.07) is 4.79. The third kappa shape index (κ3) is 3.70. The van der Waals surface area contributed by atoms with Gasteiger partial charge >= 0.3 is 0 Å². The van der Waals surface area contributed by atoms with Crippen molar-refractivity contribution in [1.29, 1.82) is 0 Å². The number of hydrogen-bond acceptors (Lipinski definition) is 3. The van der Waals surface area contributed by atoms with Gasteiger partial charge in [0.25, 0.3) is 0 Å². The van der Waals surface area contributed by atoms with Crippen molar-refractivity contribution in [1.82, 2.24) is 0 Å². The number of nitrogens with one attached hydrogen (secondary N) is 1. The third-order valence-electron chi connectivity index (χ3n) is 2.36. The lowest BCUT2D eigenvalue weighted by molar-refractivity contribution is 0.182. The Hall–Kier alpha value is -1.29. The third-order valence-corrected chi connectivity index (χ3v) is 2.36. The molecule has 0 bridgehead atoms. The highest BCUT2D eigenvalue weighted by molar-refractivity contribution is 5.53. The number of benzene rings is 1. The highest BCUT2D eigenvalue weighted by Gasteiger charge is 2.10. The average Bonchev–Trinajstić information content (AvgIpc) is 2.23. The van der Waals surface area contributed by atoms with E-state index in [-0.39, 0.29) is 11.9 Å². The SMILES string of the molecule is CCCC(COC)Nc1ccc(N)cc1F. The Morgan fingerprint density at radius 2 is 2.25 bits per heavy atom. The summed E-state index contributed by atoms with van der Waals surface area (Å²) in [6.07, 6.45) is 1.97. The van der Waals surface area contributed by atoms with Gasteiger partial charge < -0.3 is 15.8 Å². The van der Waals surface area contributed by atoms with Crippen LogP contribution in [0.1, 0.15) is 19.8 Å². The minimum Gasteiger partial charge on any atom is -0.399 e. The van der Waals surface area contributed by atoms with Gasteiger partial charge in [0.2, 0.25) is 0 Å². The summed E-state index contributed by atoms with van der Waals surface area (Å²) in [6.45, 7) is 2.65. The standard InChI is InChI=1S/C12H19FN2O/c1-3-4-10(8-16-2)15-12-6-5-9(14)7-11(12)13/h5-7,10,15H,3-4,8,14H2,1-2H3. The number of rotatable bonds is 6. The predicted octanol–water partition coefficient (Wildman–Crippen LogP) is 2.63. The zero-order valence-corrected chi connectivity index (χ0v) is 9.79. The summed E-state index contributed by atoms with van der Waals surface area (Å²) in [5.41, 5.74) is 6.39. The first-order valence-electron chi connectivity index (χ1n) is 5.47. The predicted molar refractivity (Wildman–Crippen MR) is 65.0 cm³/mol. The van der Waals surface area contributed by atoms with Crippen LogP contribution in [0.15, 0.2) is 18.2 Å². The van der Waals surface area contributed by atoms with Crippen LogP contribution in [0.4, 0.5) is 15.8 Å². The van der Waals surface area contributed by atoms with Crippen molar-refractivity contribution in [2.24, 2.45) is 0 Å². The molecule has 0 heterocycles. The first-order valence-corrected chi connectivity index (χ1v) is 5.47. The van der Waals surface area contributed by atoms with E-state index in [1.807, 2.05) is 0 Å². The monoisotopic (exact) mass is 226 g/mol. The smallest absolute Gasteiger partial charge is 0.148 e. The van der Waals surface area contributed by atoms with Crippen LogP contribution in [0, 0.1) is 5.82 Å². The van der Waals surface area contributed by atoms with Crippen LogP contribution in [0.2, 0.25) is 0 Å². The molecule has 0 aliphatic carbocycles.